The van der Waals surface area contributed by atoms with E-state index in [0.717, 1.165) is 12.5 Å². The highest BCUT2D eigenvalue weighted by Crippen LogP contribution is 2.41. The van der Waals surface area contributed by atoms with Gasteiger partial charge in [-0.1, -0.05) is 0 Å². The number of rotatable bonds is 3. The molecule has 4 heteroatoms. The summed E-state index contributed by atoms with van der Waals surface area (Å²) in [5, 5.41) is 0. The van der Waals surface area contributed by atoms with Gasteiger partial charge in [-0.3, -0.25) is 11.3 Å². The summed E-state index contributed by atoms with van der Waals surface area (Å²) in [5.41, 5.74) is 5.84. The number of thiazole rings is 1. The molecule has 0 bridgehead atoms. The van der Waals surface area contributed by atoms with Gasteiger partial charge in [-0.25, -0.2) is 4.98 Å². The minimum Gasteiger partial charge on any atom is -0.271 e. The third-order valence-corrected chi connectivity index (χ3v) is 2.75. The second-order valence-corrected chi connectivity index (χ2v) is 3.76. The number of hydrogen-bond acceptors (Lipinski definition) is 4. The number of nitrogens with one attached hydrogen (secondary N) is 1. The average Bonchev–Trinajstić information content (AvgIpc) is 2.75. The van der Waals surface area contributed by atoms with Crippen molar-refractivity contribution < 1.29 is 0 Å². The molecule has 3 N–H and O–H groups in total. The maximum Gasteiger partial charge on any atom is 0.0798 e. The van der Waals surface area contributed by atoms with Crippen LogP contribution in [0.1, 0.15) is 29.3 Å². The Hall–Kier alpha value is -0.450. The molecule has 0 saturated heterocycles. The van der Waals surface area contributed by atoms with Crippen LogP contribution in [0.2, 0.25) is 0 Å². The van der Waals surface area contributed by atoms with E-state index < -0.39 is 0 Å². The first kappa shape index (κ1) is 7.21. The van der Waals surface area contributed by atoms with Crippen LogP contribution < -0.4 is 11.3 Å². The van der Waals surface area contributed by atoms with E-state index in [1.807, 2.05) is 5.51 Å². The van der Waals surface area contributed by atoms with E-state index in [1.165, 1.54) is 23.4 Å². The quantitative estimate of drug-likeness (QED) is 0.524. The van der Waals surface area contributed by atoms with Crippen molar-refractivity contribution in [2.24, 2.45) is 5.84 Å². The van der Waals surface area contributed by atoms with Crippen LogP contribution in [0.3, 0.4) is 0 Å². The molecule has 1 saturated carbocycles. The zero-order valence-corrected chi connectivity index (χ0v) is 7.03. The molecule has 0 spiro atoms. The van der Waals surface area contributed by atoms with Gasteiger partial charge in [-0.2, -0.15) is 0 Å². The average molecular weight is 169 g/mol. The largest absolute Gasteiger partial charge is 0.271 e. The van der Waals surface area contributed by atoms with Gasteiger partial charge in [0.1, 0.15) is 0 Å². The molecule has 1 aliphatic carbocycles. The second-order valence-electron chi connectivity index (χ2n) is 2.82. The monoisotopic (exact) mass is 169 g/mol. The molecule has 0 aromatic carbocycles. The number of hydrazine groups is 1. The normalized spacial score (nSPS) is 17.2. The lowest BCUT2D eigenvalue weighted by atomic mass is 10.2. The molecule has 0 unspecified atom stereocenters. The first-order valence-electron chi connectivity index (χ1n) is 3.77. The minimum atomic E-state index is 0.740. The summed E-state index contributed by atoms with van der Waals surface area (Å²) < 4.78 is 0. The van der Waals surface area contributed by atoms with Crippen LogP contribution >= 0.6 is 11.3 Å². The molecule has 1 heterocycles. The van der Waals surface area contributed by atoms with Crippen molar-refractivity contribution in [3.05, 3.63) is 16.1 Å². The van der Waals surface area contributed by atoms with Crippen LogP contribution in [0, 0.1) is 0 Å². The molecule has 1 aromatic rings. The third kappa shape index (κ3) is 1.42. The van der Waals surface area contributed by atoms with E-state index in [1.54, 1.807) is 11.3 Å². The fraction of sp³-hybridized carbons (Fsp3) is 0.571. The molecule has 1 aliphatic rings. The van der Waals surface area contributed by atoms with Crippen molar-refractivity contribution in [1.82, 2.24) is 10.4 Å². The Morgan fingerprint density at radius 3 is 3.18 bits per heavy atom. The lowest BCUT2D eigenvalue weighted by molar-refractivity contribution is 0.741. The zero-order chi connectivity index (χ0) is 7.68. The molecular formula is C7H11N3S. The van der Waals surface area contributed by atoms with Gasteiger partial charge in [0.25, 0.3) is 0 Å². The van der Waals surface area contributed by atoms with Gasteiger partial charge in [-0.15, -0.1) is 11.3 Å². The van der Waals surface area contributed by atoms with Crippen molar-refractivity contribution in [1.29, 1.82) is 0 Å². The van der Waals surface area contributed by atoms with Gasteiger partial charge in [0.15, 0.2) is 0 Å². The van der Waals surface area contributed by atoms with Crippen LogP contribution in [0.25, 0.3) is 0 Å². The number of hydrogen-bond donors (Lipinski definition) is 2. The van der Waals surface area contributed by atoms with Crippen molar-refractivity contribution in [2.75, 3.05) is 0 Å². The van der Waals surface area contributed by atoms with Crippen LogP contribution in [-0.4, -0.2) is 4.98 Å². The predicted molar refractivity (Wildman–Crippen MR) is 45.1 cm³/mol. The summed E-state index contributed by atoms with van der Waals surface area (Å²) in [6.45, 7) is 0.760. The lowest BCUT2D eigenvalue weighted by Gasteiger charge is -1.97. The van der Waals surface area contributed by atoms with Crippen LogP contribution in [0.5, 0.6) is 0 Å². The fourth-order valence-corrected chi connectivity index (χ4v) is 1.99. The second kappa shape index (κ2) is 2.89. The van der Waals surface area contributed by atoms with E-state index in [0.29, 0.717) is 0 Å². The summed E-state index contributed by atoms with van der Waals surface area (Å²) in [7, 11) is 0. The van der Waals surface area contributed by atoms with Gasteiger partial charge in [0.2, 0.25) is 0 Å². The molecule has 11 heavy (non-hydrogen) atoms. The minimum absolute atomic E-state index is 0.740. The molecule has 60 valence electrons. The van der Waals surface area contributed by atoms with Gasteiger partial charge in [0, 0.05) is 17.3 Å². The van der Waals surface area contributed by atoms with Gasteiger partial charge in [-0.05, 0) is 12.8 Å². The summed E-state index contributed by atoms with van der Waals surface area (Å²) in [6, 6.07) is 0. The number of aromatic nitrogens is 1. The van der Waals surface area contributed by atoms with Crippen LogP contribution in [0.4, 0.5) is 0 Å². The topological polar surface area (TPSA) is 50.9 Å². The van der Waals surface area contributed by atoms with Crippen LogP contribution in [0.15, 0.2) is 5.51 Å². The van der Waals surface area contributed by atoms with E-state index in [-0.39, 0.29) is 0 Å². The van der Waals surface area contributed by atoms with Gasteiger partial charge < -0.3 is 0 Å². The molecule has 1 fully saturated rings. The Balaban J connectivity index is 2.16. The molecule has 1 aromatic heterocycles. The number of nitrogens with zero attached hydrogens (tertiary/aromatic N) is 1. The Kier molecular flexibility index (Phi) is 1.89. The SMILES string of the molecule is NNCc1scnc1C1CC1. The van der Waals surface area contributed by atoms with Crippen molar-refractivity contribution in [2.45, 2.75) is 25.3 Å². The molecule has 0 radical (unpaired) electrons. The van der Waals surface area contributed by atoms with E-state index in [4.69, 9.17) is 5.84 Å². The first-order valence-corrected chi connectivity index (χ1v) is 4.65. The Labute approximate surface area is 69.6 Å². The molecule has 0 atom stereocenters. The van der Waals surface area contributed by atoms with Crippen molar-refractivity contribution in [3.8, 4) is 0 Å². The molecule has 2 rings (SSSR count). The van der Waals surface area contributed by atoms with E-state index in [9.17, 15) is 0 Å². The maximum atomic E-state index is 5.24. The van der Waals surface area contributed by atoms with Crippen LogP contribution in [-0.2, 0) is 6.54 Å². The Morgan fingerprint density at radius 1 is 1.73 bits per heavy atom. The first-order chi connectivity index (χ1) is 5.42. The third-order valence-electron chi connectivity index (χ3n) is 1.90. The highest BCUT2D eigenvalue weighted by molar-refractivity contribution is 7.09. The molecule has 0 aliphatic heterocycles. The smallest absolute Gasteiger partial charge is 0.0798 e. The number of nitrogens with two attached hydrogens (primary N) is 1. The highest BCUT2D eigenvalue weighted by atomic mass is 32.1. The molecule has 0 amide bonds. The Morgan fingerprint density at radius 2 is 2.55 bits per heavy atom. The fourth-order valence-electron chi connectivity index (χ4n) is 1.19. The summed E-state index contributed by atoms with van der Waals surface area (Å²) >= 11 is 1.69. The van der Waals surface area contributed by atoms with Gasteiger partial charge >= 0.3 is 0 Å². The molecule has 3 nitrogen and oxygen atoms in total. The predicted octanol–water partition coefficient (Wildman–Crippen LogP) is 0.984. The highest BCUT2D eigenvalue weighted by Gasteiger charge is 2.27. The van der Waals surface area contributed by atoms with Crippen molar-refractivity contribution in [3.63, 3.8) is 0 Å². The molecular weight excluding hydrogens is 158 g/mol. The zero-order valence-electron chi connectivity index (χ0n) is 6.21. The van der Waals surface area contributed by atoms with Gasteiger partial charge in [0.05, 0.1) is 11.2 Å². The van der Waals surface area contributed by atoms with Crippen molar-refractivity contribution >= 4 is 11.3 Å². The summed E-state index contributed by atoms with van der Waals surface area (Å²) in [5.74, 6) is 5.98. The lowest BCUT2D eigenvalue weighted by Crippen LogP contribution is -2.20. The standard InChI is InChI=1S/C7H11N3S/c8-10-3-6-7(5-1-2-5)9-4-11-6/h4-5,10H,1-3,8H2. The summed E-state index contributed by atoms with van der Waals surface area (Å²) in [4.78, 5) is 5.62. The van der Waals surface area contributed by atoms with E-state index in [2.05, 4.69) is 10.4 Å². The Bertz CT molecular complexity index is 242. The van der Waals surface area contributed by atoms with E-state index >= 15 is 0 Å². The summed E-state index contributed by atoms with van der Waals surface area (Å²) in [6.07, 6.45) is 2.61. The maximum absolute atomic E-state index is 5.24.